The van der Waals surface area contributed by atoms with Gasteiger partial charge in [-0.05, 0) is 50.3 Å². The molecule has 0 aromatic heterocycles. The lowest BCUT2D eigenvalue weighted by Gasteiger charge is -2.42. The highest BCUT2D eigenvalue weighted by Crippen LogP contribution is 2.36. The van der Waals surface area contributed by atoms with E-state index in [0.29, 0.717) is 18.4 Å². The second-order valence-corrected chi connectivity index (χ2v) is 7.72. The summed E-state index contributed by atoms with van der Waals surface area (Å²) in [6, 6.07) is 7.56. The van der Waals surface area contributed by atoms with Gasteiger partial charge in [-0.3, -0.25) is 9.59 Å². The Morgan fingerprint density at radius 3 is 2.40 bits per heavy atom. The third-order valence-corrected chi connectivity index (χ3v) is 5.62. The zero-order valence-electron chi connectivity index (χ0n) is 15.7. The van der Waals surface area contributed by atoms with Crippen LogP contribution in [0.3, 0.4) is 0 Å². The van der Waals surface area contributed by atoms with Crippen molar-refractivity contribution < 1.29 is 9.59 Å². The number of carbonyl (C=O) groups is 2. The molecule has 3 atom stereocenters. The maximum Gasteiger partial charge on any atom is 0.244 e. The number of para-hydroxylation sites is 2. The van der Waals surface area contributed by atoms with E-state index < -0.39 is 0 Å². The summed E-state index contributed by atoms with van der Waals surface area (Å²) in [4.78, 5) is 28.9. The number of benzene rings is 1. The Balaban J connectivity index is 1.82. The average Bonchev–Trinajstić information content (AvgIpc) is 2.60. The maximum absolute atomic E-state index is 13.2. The highest BCUT2D eigenvalue weighted by molar-refractivity contribution is 6.05. The van der Waals surface area contributed by atoms with Crippen molar-refractivity contribution in [3.05, 3.63) is 24.3 Å². The summed E-state index contributed by atoms with van der Waals surface area (Å²) in [5.74, 6) is 1.43. The SMILES string of the molecule is CC(=O)N1c2ccccc2N(C(=O)C2CCC(C(C)C)CN2)CC1C. The Labute approximate surface area is 150 Å². The first-order valence-corrected chi connectivity index (χ1v) is 9.33. The van der Waals surface area contributed by atoms with Crippen LogP contribution < -0.4 is 15.1 Å². The first-order chi connectivity index (χ1) is 11.9. The van der Waals surface area contributed by atoms with Crippen molar-refractivity contribution in [3.63, 3.8) is 0 Å². The van der Waals surface area contributed by atoms with E-state index in [1.54, 1.807) is 11.8 Å². The van der Waals surface area contributed by atoms with Gasteiger partial charge in [0.1, 0.15) is 0 Å². The van der Waals surface area contributed by atoms with E-state index >= 15 is 0 Å². The van der Waals surface area contributed by atoms with Crippen LogP contribution in [0.4, 0.5) is 11.4 Å². The van der Waals surface area contributed by atoms with Crippen molar-refractivity contribution in [2.24, 2.45) is 11.8 Å². The van der Waals surface area contributed by atoms with E-state index in [2.05, 4.69) is 19.2 Å². The minimum absolute atomic E-state index is 0.0163. The minimum Gasteiger partial charge on any atom is -0.307 e. The van der Waals surface area contributed by atoms with Gasteiger partial charge < -0.3 is 15.1 Å². The van der Waals surface area contributed by atoms with E-state index in [0.717, 1.165) is 30.8 Å². The van der Waals surface area contributed by atoms with E-state index in [1.165, 1.54) is 0 Å². The van der Waals surface area contributed by atoms with Crippen LogP contribution in [0.15, 0.2) is 24.3 Å². The van der Waals surface area contributed by atoms with Gasteiger partial charge in [0.15, 0.2) is 0 Å². The molecule has 1 saturated heterocycles. The lowest BCUT2D eigenvalue weighted by Crippen LogP contribution is -2.57. The van der Waals surface area contributed by atoms with Crippen LogP contribution in [0.25, 0.3) is 0 Å². The summed E-state index contributed by atoms with van der Waals surface area (Å²) in [6.07, 6.45) is 1.97. The number of nitrogens with one attached hydrogen (secondary N) is 1. The fraction of sp³-hybridized carbons (Fsp3) is 0.600. The second kappa shape index (κ2) is 7.16. The quantitative estimate of drug-likeness (QED) is 0.898. The van der Waals surface area contributed by atoms with Crippen LogP contribution in [-0.2, 0) is 9.59 Å². The lowest BCUT2D eigenvalue weighted by molar-refractivity contribution is -0.122. The van der Waals surface area contributed by atoms with Crippen LogP contribution in [-0.4, -0.2) is 37.0 Å². The second-order valence-electron chi connectivity index (χ2n) is 7.72. The fourth-order valence-corrected chi connectivity index (χ4v) is 4.11. The highest BCUT2D eigenvalue weighted by Gasteiger charge is 2.37. The third-order valence-electron chi connectivity index (χ3n) is 5.62. The molecule has 0 saturated carbocycles. The molecular formula is C20H29N3O2. The van der Waals surface area contributed by atoms with Gasteiger partial charge in [-0.25, -0.2) is 0 Å². The van der Waals surface area contributed by atoms with Crippen molar-refractivity contribution in [3.8, 4) is 0 Å². The topological polar surface area (TPSA) is 52.7 Å². The van der Waals surface area contributed by atoms with Gasteiger partial charge in [-0.15, -0.1) is 0 Å². The Hall–Kier alpha value is -1.88. The Morgan fingerprint density at radius 2 is 1.84 bits per heavy atom. The van der Waals surface area contributed by atoms with Gasteiger partial charge >= 0.3 is 0 Å². The molecule has 1 aromatic carbocycles. The molecule has 3 rings (SSSR count). The summed E-state index contributed by atoms with van der Waals surface area (Å²) in [7, 11) is 0. The molecule has 2 aliphatic rings. The standard InChI is InChI=1S/C20H29N3O2/c1-13(2)16-9-10-17(21-11-16)20(25)22-12-14(3)23(15(4)24)19-8-6-5-7-18(19)22/h5-8,13-14,16-17,21H,9-12H2,1-4H3. The van der Waals surface area contributed by atoms with Crippen LogP contribution in [0, 0.1) is 11.8 Å². The summed E-state index contributed by atoms with van der Waals surface area (Å²) in [6.45, 7) is 9.51. The number of anilines is 2. The zero-order chi connectivity index (χ0) is 18.1. The van der Waals surface area contributed by atoms with Crippen LogP contribution >= 0.6 is 0 Å². The molecule has 0 spiro atoms. The number of nitrogens with zero attached hydrogens (tertiary/aromatic N) is 2. The highest BCUT2D eigenvalue weighted by atomic mass is 16.2. The van der Waals surface area contributed by atoms with Gasteiger partial charge in [0.05, 0.1) is 23.5 Å². The average molecular weight is 343 g/mol. The zero-order valence-corrected chi connectivity index (χ0v) is 15.7. The largest absolute Gasteiger partial charge is 0.307 e. The van der Waals surface area contributed by atoms with Crippen molar-refractivity contribution in [2.45, 2.75) is 52.6 Å². The number of piperidine rings is 1. The maximum atomic E-state index is 13.2. The monoisotopic (exact) mass is 343 g/mol. The fourth-order valence-electron chi connectivity index (χ4n) is 4.11. The molecule has 5 heteroatoms. The number of carbonyl (C=O) groups excluding carboxylic acids is 2. The molecule has 2 heterocycles. The predicted octanol–water partition coefficient (Wildman–Crippen LogP) is 2.80. The molecule has 0 radical (unpaired) electrons. The van der Waals surface area contributed by atoms with Gasteiger partial charge in [0.25, 0.3) is 0 Å². The molecule has 5 nitrogen and oxygen atoms in total. The van der Waals surface area contributed by atoms with Crippen LogP contribution in [0.2, 0.25) is 0 Å². The number of hydrogen-bond acceptors (Lipinski definition) is 3. The van der Waals surface area contributed by atoms with E-state index in [1.807, 2.05) is 36.1 Å². The number of amides is 2. The normalized spacial score (nSPS) is 26.5. The number of fused-ring (bicyclic) bond motifs is 1. The van der Waals surface area contributed by atoms with Crippen LogP contribution in [0.5, 0.6) is 0 Å². The van der Waals surface area contributed by atoms with Crippen molar-refractivity contribution in [2.75, 3.05) is 22.9 Å². The number of rotatable bonds is 2. The van der Waals surface area contributed by atoms with Crippen molar-refractivity contribution in [1.82, 2.24) is 5.32 Å². The molecule has 1 aromatic rings. The minimum atomic E-state index is -0.126. The van der Waals surface area contributed by atoms with Gasteiger partial charge in [0.2, 0.25) is 11.8 Å². The molecule has 0 bridgehead atoms. The first-order valence-electron chi connectivity index (χ1n) is 9.33. The summed E-state index contributed by atoms with van der Waals surface area (Å²) < 4.78 is 0. The van der Waals surface area contributed by atoms with Crippen molar-refractivity contribution >= 4 is 23.2 Å². The van der Waals surface area contributed by atoms with E-state index in [9.17, 15) is 9.59 Å². The Morgan fingerprint density at radius 1 is 1.16 bits per heavy atom. The molecule has 0 aliphatic carbocycles. The molecule has 2 aliphatic heterocycles. The lowest BCUT2D eigenvalue weighted by atomic mass is 9.86. The molecule has 3 unspecified atom stereocenters. The summed E-state index contributed by atoms with van der Waals surface area (Å²) in [5.41, 5.74) is 1.67. The Bertz CT molecular complexity index is 650. The van der Waals surface area contributed by atoms with Crippen molar-refractivity contribution in [1.29, 1.82) is 0 Å². The molecule has 136 valence electrons. The molecule has 1 N–H and O–H groups in total. The molecular weight excluding hydrogens is 314 g/mol. The summed E-state index contributed by atoms with van der Waals surface area (Å²) in [5, 5.41) is 3.46. The van der Waals surface area contributed by atoms with Gasteiger partial charge in [-0.2, -0.15) is 0 Å². The summed E-state index contributed by atoms with van der Waals surface area (Å²) >= 11 is 0. The first kappa shape index (κ1) is 17.9. The van der Waals surface area contributed by atoms with Gasteiger partial charge in [-0.1, -0.05) is 26.0 Å². The molecule has 1 fully saturated rings. The van der Waals surface area contributed by atoms with Gasteiger partial charge in [0, 0.05) is 13.5 Å². The Kier molecular flexibility index (Phi) is 5.13. The molecule has 25 heavy (non-hydrogen) atoms. The van der Waals surface area contributed by atoms with E-state index in [-0.39, 0.29) is 23.9 Å². The predicted molar refractivity (Wildman–Crippen MR) is 101 cm³/mol. The van der Waals surface area contributed by atoms with Crippen LogP contribution in [0.1, 0.15) is 40.5 Å². The number of hydrogen-bond donors (Lipinski definition) is 1. The third kappa shape index (κ3) is 3.43. The smallest absolute Gasteiger partial charge is 0.244 e. The molecule has 2 amide bonds. The van der Waals surface area contributed by atoms with E-state index in [4.69, 9.17) is 0 Å².